The highest BCUT2D eigenvalue weighted by molar-refractivity contribution is 6.04. The minimum absolute atomic E-state index is 0.210. The van der Waals surface area contributed by atoms with Crippen molar-refractivity contribution in [1.82, 2.24) is 0 Å². The van der Waals surface area contributed by atoms with E-state index in [2.05, 4.69) is 12.2 Å². The smallest absolute Gasteiger partial charge is 0.321 e. The van der Waals surface area contributed by atoms with Crippen LogP contribution in [0.15, 0.2) is 24.3 Å². The van der Waals surface area contributed by atoms with Crippen LogP contribution >= 0.6 is 0 Å². The van der Waals surface area contributed by atoms with Gasteiger partial charge in [-0.3, -0.25) is 9.59 Å². The molecule has 3 aliphatic carbocycles. The number of fused-ring (bicyclic) bond motifs is 2. The molecule has 1 aliphatic heterocycles. The maximum atomic E-state index is 12.1. The molecule has 1 heterocycles. The van der Waals surface area contributed by atoms with Gasteiger partial charge in [-0.05, 0) is 31.1 Å². The maximum Gasteiger partial charge on any atom is 0.321 e. The lowest BCUT2D eigenvalue weighted by Gasteiger charge is -2.42. The van der Waals surface area contributed by atoms with Crippen LogP contribution in [-0.2, 0) is 14.3 Å². The molecule has 0 aromatic rings. The SMILES string of the molecule is O=C1OC(=O)[C@@]23CC=CC[C@@]12[C@H]1C=C[C@@H]3C1. The summed E-state index contributed by atoms with van der Waals surface area (Å²) in [5.41, 5.74) is -1.11. The lowest BCUT2D eigenvalue weighted by Crippen LogP contribution is -2.48. The summed E-state index contributed by atoms with van der Waals surface area (Å²) in [6.45, 7) is 0. The molecule has 0 amide bonds. The summed E-state index contributed by atoms with van der Waals surface area (Å²) in [4.78, 5) is 24.2. The van der Waals surface area contributed by atoms with Crippen molar-refractivity contribution in [3.8, 4) is 0 Å². The molecule has 0 aromatic heterocycles. The molecule has 3 nitrogen and oxygen atoms in total. The van der Waals surface area contributed by atoms with E-state index in [0.29, 0.717) is 12.8 Å². The number of ether oxygens (including phenoxy) is 1. The Morgan fingerprint density at radius 3 is 2.00 bits per heavy atom. The first-order valence-electron chi connectivity index (χ1n) is 5.82. The van der Waals surface area contributed by atoms with E-state index in [1.807, 2.05) is 12.2 Å². The molecule has 2 bridgehead atoms. The fourth-order valence-electron chi connectivity index (χ4n) is 4.40. The van der Waals surface area contributed by atoms with Gasteiger partial charge in [-0.1, -0.05) is 24.3 Å². The second kappa shape index (κ2) is 2.31. The molecule has 4 rings (SSSR count). The van der Waals surface area contributed by atoms with Crippen molar-refractivity contribution in [2.24, 2.45) is 22.7 Å². The van der Waals surface area contributed by atoms with E-state index >= 15 is 0 Å². The highest BCUT2D eigenvalue weighted by Crippen LogP contribution is 2.71. The van der Waals surface area contributed by atoms with Crippen molar-refractivity contribution < 1.29 is 14.3 Å². The number of carbonyl (C=O) groups excluding carboxylic acids is 2. The average Bonchev–Trinajstić information content (AvgIpc) is 2.92. The van der Waals surface area contributed by atoms with Gasteiger partial charge in [0.1, 0.15) is 0 Å². The first kappa shape index (κ1) is 8.74. The molecular weight excluding hydrogens is 204 g/mol. The maximum absolute atomic E-state index is 12.1. The van der Waals surface area contributed by atoms with Crippen LogP contribution in [0.1, 0.15) is 19.3 Å². The van der Waals surface area contributed by atoms with E-state index in [4.69, 9.17) is 4.74 Å². The first-order valence-corrected chi connectivity index (χ1v) is 5.82. The standard InChI is InChI=1S/C13H12O3/c14-10-12-5-1-2-6-13(12,11(15)16-10)9-4-3-8(12)7-9/h1-4,8-9H,5-7H2/t8-,9+,12+,13-. The molecule has 4 aliphatic rings. The van der Waals surface area contributed by atoms with Gasteiger partial charge in [0.15, 0.2) is 0 Å². The molecule has 0 radical (unpaired) electrons. The number of hydrogen-bond acceptors (Lipinski definition) is 3. The normalized spacial score (nSPS) is 51.8. The Balaban J connectivity index is 2.05. The van der Waals surface area contributed by atoms with Crippen molar-refractivity contribution >= 4 is 11.9 Å². The summed E-state index contributed by atoms with van der Waals surface area (Å²) in [5, 5.41) is 0. The van der Waals surface area contributed by atoms with Crippen molar-refractivity contribution in [1.29, 1.82) is 0 Å². The fourth-order valence-corrected chi connectivity index (χ4v) is 4.40. The first-order chi connectivity index (χ1) is 7.72. The molecule has 0 N–H and O–H groups in total. The monoisotopic (exact) mass is 216 g/mol. The van der Waals surface area contributed by atoms with Crippen molar-refractivity contribution in [3.05, 3.63) is 24.3 Å². The van der Waals surface area contributed by atoms with E-state index in [9.17, 15) is 9.59 Å². The summed E-state index contributed by atoms with van der Waals surface area (Å²) in [6, 6.07) is 0. The van der Waals surface area contributed by atoms with Crippen LogP contribution in [0.4, 0.5) is 0 Å². The third-order valence-electron chi connectivity index (χ3n) is 5.11. The number of carbonyl (C=O) groups is 2. The minimum atomic E-state index is -0.557. The quantitative estimate of drug-likeness (QED) is 0.351. The molecule has 1 saturated carbocycles. The van der Waals surface area contributed by atoms with E-state index in [0.717, 1.165) is 6.42 Å². The van der Waals surface area contributed by atoms with Crippen LogP contribution in [0.5, 0.6) is 0 Å². The summed E-state index contributed by atoms with van der Waals surface area (Å²) in [5.74, 6) is -0.139. The van der Waals surface area contributed by atoms with Gasteiger partial charge < -0.3 is 4.74 Å². The summed E-state index contributed by atoms with van der Waals surface area (Å²) in [7, 11) is 0. The summed E-state index contributed by atoms with van der Waals surface area (Å²) >= 11 is 0. The second-order valence-corrected chi connectivity index (χ2v) is 5.33. The highest BCUT2D eigenvalue weighted by atomic mass is 16.6. The number of hydrogen-bond donors (Lipinski definition) is 0. The molecule has 2 fully saturated rings. The number of rotatable bonds is 0. The Hall–Kier alpha value is -1.38. The predicted molar refractivity (Wildman–Crippen MR) is 55.1 cm³/mol. The zero-order valence-corrected chi connectivity index (χ0v) is 8.81. The molecule has 16 heavy (non-hydrogen) atoms. The Labute approximate surface area is 93.2 Å². The molecule has 3 heteroatoms. The van der Waals surface area contributed by atoms with Crippen LogP contribution in [-0.4, -0.2) is 11.9 Å². The minimum Gasteiger partial charge on any atom is -0.392 e. The summed E-state index contributed by atoms with van der Waals surface area (Å²) < 4.78 is 4.98. The van der Waals surface area contributed by atoms with Gasteiger partial charge in [0, 0.05) is 0 Å². The number of cyclic esters (lactones) is 2. The lowest BCUT2D eigenvalue weighted by molar-refractivity contribution is -0.157. The van der Waals surface area contributed by atoms with E-state index in [-0.39, 0.29) is 23.8 Å². The Kier molecular flexibility index (Phi) is 1.26. The van der Waals surface area contributed by atoms with Gasteiger partial charge in [0.05, 0.1) is 10.8 Å². The highest BCUT2D eigenvalue weighted by Gasteiger charge is 2.77. The number of allylic oxidation sites excluding steroid dienone is 4. The lowest BCUT2D eigenvalue weighted by atomic mass is 9.54. The van der Waals surface area contributed by atoms with Crippen LogP contribution in [0.2, 0.25) is 0 Å². The van der Waals surface area contributed by atoms with Crippen molar-refractivity contribution in [3.63, 3.8) is 0 Å². The van der Waals surface area contributed by atoms with Gasteiger partial charge in [0.25, 0.3) is 0 Å². The second-order valence-electron chi connectivity index (χ2n) is 5.33. The Morgan fingerprint density at radius 1 is 1.00 bits per heavy atom. The summed E-state index contributed by atoms with van der Waals surface area (Å²) in [6.07, 6.45) is 10.6. The van der Waals surface area contributed by atoms with Gasteiger partial charge in [-0.15, -0.1) is 0 Å². The van der Waals surface area contributed by atoms with E-state index in [1.165, 1.54) is 0 Å². The molecule has 0 unspecified atom stereocenters. The largest absolute Gasteiger partial charge is 0.392 e. The zero-order chi connectivity index (χ0) is 11.0. The topological polar surface area (TPSA) is 43.4 Å². The van der Waals surface area contributed by atoms with Gasteiger partial charge in [-0.25, -0.2) is 0 Å². The molecular formula is C13H12O3. The molecule has 0 aromatic carbocycles. The third-order valence-corrected chi connectivity index (χ3v) is 5.11. The third kappa shape index (κ3) is 0.593. The zero-order valence-electron chi connectivity index (χ0n) is 8.81. The predicted octanol–water partition coefficient (Wildman–Crippen LogP) is 1.60. The molecule has 82 valence electrons. The van der Waals surface area contributed by atoms with Gasteiger partial charge >= 0.3 is 11.9 Å². The molecule has 1 saturated heterocycles. The van der Waals surface area contributed by atoms with Crippen LogP contribution in [0, 0.1) is 22.7 Å². The fraction of sp³-hybridized carbons (Fsp3) is 0.538. The van der Waals surface area contributed by atoms with E-state index in [1.54, 1.807) is 0 Å². The molecule has 4 atom stereocenters. The van der Waals surface area contributed by atoms with Crippen LogP contribution in [0.3, 0.4) is 0 Å². The van der Waals surface area contributed by atoms with Crippen LogP contribution < -0.4 is 0 Å². The van der Waals surface area contributed by atoms with Crippen molar-refractivity contribution in [2.45, 2.75) is 19.3 Å². The Bertz CT molecular complexity index is 436. The Morgan fingerprint density at radius 2 is 1.50 bits per heavy atom. The van der Waals surface area contributed by atoms with Crippen molar-refractivity contribution in [2.75, 3.05) is 0 Å². The van der Waals surface area contributed by atoms with E-state index < -0.39 is 10.8 Å². The van der Waals surface area contributed by atoms with Crippen LogP contribution in [0.25, 0.3) is 0 Å². The number of esters is 2. The van der Waals surface area contributed by atoms with Gasteiger partial charge in [0.2, 0.25) is 0 Å². The van der Waals surface area contributed by atoms with Gasteiger partial charge in [-0.2, -0.15) is 0 Å². The molecule has 0 spiro atoms. The average molecular weight is 216 g/mol.